The minimum absolute atomic E-state index is 0.183. The lowest BCUT2D eigenvalue weighted by Crippen LogP contribution is -2.55. The number of rotatable bonds is 3. The molecule has 3 rings (SSSR count). The summed E-state index contributed by atoms with van der Waals surface area (Å²) in [5, 5.41) is 5.65. The molecule has 2 aliphatic rings. The Bertz CT molecular complexity index is 635. The molecule has 1 atom stereocenters. The normalized spacial score (nSPS) is 20.9. The van der Waals surface area contributed by atoms with E-state index in [9.17, 15) is 18.0 Å². The Morgan fingerprint density at radius 2 is 2.00 bits per heavy atom. The van der Waals surface area contributed by atoms with Crippen LogP contribution in [0.4, 0.5) is 18.0 Å². The van der Waals surface area contributed by atoms with Gasteiger partial charge in [-0.2, -0.15) is 13.2 Å². The first-order chi connectivity index (χ1) is 11.2. The van der Waals surface area contributed by atoms with Crippen LogP contribution in [0.15, 0.2) is 22.7 Å². The zero-order chi connectivity index (χ0) is 17.5. The number of alkyl halides is 3. The average Bonchev–Trinajstić information content (AvgIpc) is 2.39. The van der Waals surface area contributed by atoms with Gasteiger partial charge >= 0.3 is 12.2 Å². The molecule has 2 saturated carbocycles. The summed E-state index contributed by atoms with van der Waals surface area (Å²) < 4.78 is 39.1. The van der Waals surface area contributed by atoms with Crippen molar-refractivity contribution >= 4 is 22.0 Å². The van der Waals surface area contributed by atoms with Crippen molar-refractivity contribution in [2.75, 3.05) is 0 Å². The highest BCUT2D eigenvalue weighted by Gasteiger charge is 2.48. The van der Waals surface area contributed by atoms with E-state index >= 15 is 0 Å². The highest BCUT2D eigenvalue weighted by molar-refractivity contribution is 9.10. The van der Waals surface area contributed by atoms with Crippen molar-refractivity contribution in [2.45, 2.75) is 57.3 Å². The molecule has 24 heavy (non-hydrogen) atoms. The van der Waals surface area contributed by atoms with Crippen LogP contribution in [0, 0.1) is 5.41 Å². The minimum Gasteiger partial charge on any atom is -0.335 e. The minimum atomic E-state index is -4.40. The molecule has 1 spiro atoms. The number of hydrogen-bond donors (Lipinski definition) is 2. The molecule has 1 aromatic carbocycles. The summed E-state index contributed by atoms with van der Waals surface area (Å²) in [6, 6.07) is 2.78. The van der Waals surface area contributed by atoms with E-state index < -0.39 is 17.8 Å². The molecule has 0 saturated heterocycles. The zero-order valence-electron chi connectivity index (χ0n) is 13.3. The predicted octanol–water partition coefficient (Wildman–Crippen LogP) is 5.16. The topological polar surface area (TPSA) is 41.1 Å². The third-order valence-corrected chi connectivity index (χ3v) is 5.97. The van der Waals surface area contributed by atoms with Crippen LogP contribution in [-0.2, 0) is 6.18 Å². The Morgan fingerprint density at radius 1 is 1.33 bits per heavy atom. The highest BCUT2D eigenvalue weighted by Crippen LogP contribution is 2.55. The summed E-state index contributed by atoms with van der Waals surface area (Å²) in [4.78, 5) is 12.1. The van der Waals surface area contributed by atoms with Gasteiger partial charge in [0.2, 0.25) is 0 Å². The van der Waals surface area contributed by atoms with Crippen LogP contribution in [0.3, 0.4) is 0 Å². The molecule has 132 valence electrons. The van der Waals surface area contributed by atoms with E-state index in [2.05, 4.69) is 26.6 Å². The quantitative estimate of drug-likeness (QED) is 0.717. The molecule has 1 aromatic rings. The van der Waals surface area contributed by atoms with Gasteiger partial charge in [0.25, 0.3) is 0 Å². The second kappa shape index (κ2) is 6.24. The number of carbonyl (C=O) groups is 1. The van der Waals surface area contributed by atoms with Crippen molar-refractivity contribution in [3.05, 3.63) is 33.8 Å². The fourth-order valence-electron chi connectivity index (χ4n) is 3.73. The van der Waals surface area contributed by atoms with E-state index in [-0.39, 0.29) is 12.1 Å². The van der Waals surface area contributed by atoms with Gasteiger partial charge in [-0.25, -0.2) is 4.79 Å². The maximum atomic E-state index is 12.8. The average molecular weight is 405 g/mol. The van der Waals surface area contributed by atoms with E-state index in [1.807, 2.05) is 0 Å². The van der Waals surface area contributed by atoms with Gasteiger partial charge in [0.15, 0.2) is 0 Å². The number of hydrogen-bond acceptors (Lipinski definition) is 1. The summed E-state index contributed by atoms with van der Waals surface area (Å²) in [6.45, 7) is 1.67. The van der Waals surface area contributed by atoms with Crippen molar-refractivity contribution in [1.29, 1.82) is 0 Å². The maximum absolute atomic E-state index is 12.8. The zero-order valence-corrected chi connectivity index (χ0v) is 14.9. The molecular weight excluding hydrogens is 385 g/mol. The molecule has 2 amide bonds. The van der Waals surface area contributed by atoms with Crippen molar-refractivity contribution in [3.8, 4) is 0 Å². The summed E-state index contributed by atoms with van der Waals surface area (Å²) in [5.41, 5.74) is 0.151. The molecule has 7 heteroatoms. The second-order valence-corrected chi connectivity index (χ2v) is 7.89. The Hall–Kier alpha value is -1.24. The van der Waals surface area contributed by atoms with E-state index in [0.717, 1.165) is 25.0 Å². The Kier molecular flexibility index (Phi) is 4.57. The molecule has 0 bridgehead atoms. The summed E-state index contributed by atoms with van der Waals surface area (Å²) in [5.74, 6) is 0. The first-order valence-electron chi connectivity index (χ1n) is 8.12. The molecule has 1 unspecified atom stereocenters. The monoisotopic (exact) mass is 404 g/mol. The van der Waals surface area contributed by atoms with Crippen LogP contribution < -0.4 is 10.6 Å². The molecule has 2 aliphatic carbocycles. The lowest BCUT2D eigenvalue weighted by molar-refractivity contribution is -0.137. The van der Waals surface area contributed by atoms with Crippen LogP contribution in [-0.4, -0.2) is 12.1 Å². The highest BCUT2D eigenvalue weighted by atomic mass is 79.9. The van der Waals surface area contributed by atoms with Crippen molar-refractivity contribution in [1.82, 2.24) is 10.6 Å². The summed E-state index contributed by atoms with van der Waals surface area (Å²) in [7, 11) is 0. The van der Waals surface area contributed by atoms with Crippen molar-refractivity contribution in [3.63, 3.8) is 0 Å². The van der Waals surface area contributed by atoms with E-state index in [4.69, 9.17) is 0 Å². The lowest BCUT2D eigenvalue weighted by Gasteiger charge is -2.54. The standard InChI is InChI=1S/C17H20BrF3N2O/c1-10(13-7-11(17(19,20)21)3-4-14(13)18)22-15(24)23-12-8-16(9-12)5-2-6-16/h3-4,7,10,12H,2,5-6,8-9H2,1H3,(H2,22,23,24). The van der Waals surface area contributed by atoms with E-state index in [1.165, 1.54) is 25.3 Å². The smallest absolute Gasteiger partial charge is 0.335 e. The third-order valence-electron chi connectivity index (χ3n) is 5.25. The molecule has 2 fully saturated rings. The predicted molar refractivity (Wildman–Crippen MR) is 88.5 cm³/mol. The maximum Gasteiger partial charge on any atom is 0.416 e. The molecule has 3 nitrogen and oxygen atoms in total. The molecule has 0 radical (unpaired) electrons. The van der Waals surface area contributed by atoms with Crippen LogP contribution in [0.1, 0.15) is 56.2 Å². The molecule has 0 heterocycles. The Morgan fingerprint density at radius 3 is 2.54 bits per heavy atom. The molecule has 2 N–H and O–H groups in total. The number of halogens is 4. The second-order valence-electron chi connectivity index (χ2n) is 7.03. The van der Waals surface area contributed by atoms with Gasteiger partial charge in [0.05, 0.1) is 11.6 Å². The third kappa shape index (κ3) is 3.55. The fourth-order valence-corrected chi connectivity index (χ4v) is 4.32. The SMILES string of the molecule is CC(NC(=O)NC1CC2(CCC2)C1)c1cc(C(F)(F)F)ccc1Br. The molecule has 0 aliphatic heterocycles. The number of urea groups is 1. The van der Waals surface area contributed by atoms with Crippen molar-refractivity contribution in [2.24, 2.45) is 5.41 Å². The lowest BCUT2D eigenvalue weighted by atomic mass is 9.54. The van der Waals surface area contributed by atoms with Crippen LogP contribution in [0.2, 0.25) is 0 Å². The van der Waals surface area contributed by atoms with Gasteiger partial charge in [-0.3, -0.25) is 0 Å². The van der Waals surface area contributed by atoms with E-state index in [1.54, 1.807) is 6.92 Å². The summed E-state index contributed by atoms with van der Waals surface area (Å²) in [6.07, 6.45) is 1.41. The van der Waals surface area contributed by atoms with Crippen LogP contribution in [0.25, 0.3) is 0 Å². The van der Waals surface area contributed by atoms with Crippen molar-refractivity contribution < 1.29 is 18.0 Å². The molecule has 0 aromatic heterocycles. The van der Waals surface area contributed by atoms with Gasteiger partial charge in [-0.05, 0) is 61.8 Å². The van der Waals surface area contributed by atoms with E-state index in [0.29, 0.717) is 15.5 Å². The number of nitrogens with one attached hydrogen (secondary N) is 2. The van der Waals surface area contributed by atoms with Crippen LogP contribution >= 0.6 is 15.9 Å². The number of amides is 2. The molecular formula is C17H20BrF3N2O. The number of benzene rings is 1. The van der Waals surface area contributed by atoms with Gasteiger partial charge in [-0.15, -0.1) is 0 Å². The largest absolute Gasteiger partial charge is 0.416 e. The van der Waals surface area contributed by atoms with Crippen LogP contribution in [0.5, 0.6) is 0 Å². The van der Waals surface area contributed by atoms with Gasteiger partial charge < -0.3 is 10.6 Å². The van der Waals surface area contributed by atoms with Gasteiger partial charge in [0.1, 0.15) is 0 Å². The summed E-state index contributed by atoms with van der Waals surface area (Å²) >= 11 is 3.26. The fraction of sp³-hybridized carbons (Fsp3) is 0.588. The van der Waals surface area contributed by atoms with Gasteiger partial charge in [0, 0.05) is 10.5 Å². The first-order valence-corrected chi connectivity index (χ1v) is 8.92. The number of carbonyl (C=O) groups excluding carboxylic acids is 1. The van der Waals surface area contributed by atoms with Gasteiger partial charge in [-0.1, -0.05) is 22.4 Å². The Balaban J connectivity index is 1.58. The first kappa shape index (κ1) is 17.6. The Labute approximate surface area is 147 Å².